The summed E-state index contributed by atoms with van der Waals surface area (Å²) < 4.78 is 42.3. The number of benzene rings is 3. The zero-order chi connectivity index (χ0) is 22.7. The summed E-state index contributed by atoms with van der Waals surface area (Å²) in [6, 6.07) is 24.3. The van der Waals surface area contributed by atoms with Crippen molar-refractivity contribution in [3.05, 3.63) is 108 Å². The number of carbonyl (C=O) groups is 1. The third-order valence-corrected chi connectivity index (χ3v) is 5.49. The lowest BCUT2D eigenvalue weighted by Gasteiger charge is -2.26. The lowest BCUT2D eigenvalue weighted by atomic mass is 9.93. The van der Waals surface area contributed by atoms with E-state index in [-0.39, 0.29) is 17.6 Å². The van der Waals surface area contributed by atoms with Gasteiger partial charge in [0, 0.05) is 11.3 Å². The maximum atomic E-state index is 13.4. The molecule has 4 rings (SSSR count). The Morgan fingerprint density at radius 1 is 0.938 bits per heavy atom. The van der Waals surface area contributed by atoms with Crippen molar-refractivity contribution in [2.45, 2.75) is 31.7 Å². The third-order valence-electron chi connectivity index (χ3n) is 5.49. The largest absolute Gasteiger partial charge is 0.573 e. The minimum atomic E-state index is -4.78. The van der Waals surface area contributed by atoms with Gasteiger partial charge in [0.15, 0.2) is 0 Å². The second-order valence-electron chi connectivity index (χ2n) is 7.78. The Balaban J connectivity index is 1.69. The maximum Gasteiger partial charge on any atom is 0.573 e. The highest BCUT2D eigenvalue weighted by Crippen LogP contribution is 2.39. The molecule has 3 aromatic rings. The molecule has 0 saturated carbocycles. The van der Waals surface area contributed by atoms with Crippen LogP contribution in [0, 0.1) is 0 Å². The van der Waals surface area contributed by atoms with E-state index in [2.05, 4.69) is 11.7 Å². The van der Waals surface area contributed by atoms with Crippen LogP contribution in [0.25, 0.3) is 0 Å². The van der Waals surface area contributed by atoms with Gasteiger partial charge in [0.05, 0.1) is 6.04 Å². The van der Waals surface area contributed by atoms with Crippen LogP contribution in [0.1, 0.15) is 36.4 Å². The van der Waals surface area contributed by atoms with Crippen LogP contribution in [-0.4, -0.2) is 12.3 Å². The molecule has 3 aromatic carbocycles. The molecule has 0 fully saturated rings. The van der Waals surface area contributed by atoms with E-state index in [0.717, 1.165) is 5.56 Å². The maximum absolute atomic E-state index is 13.4. The van der Waals surface area contributed by atoms with Crippen LogP contribution in [0.2, 0.25) is 0 Å². The minimum absolute atomic E-state index is 0.114. The second kappa shape index (κ2) is 8.91. The molecule has 0 saturated heterocycles. The average Bonchev–Trinajstić information content (AvgIpc) is 3.10. The average molecular weight is 437 g/mol. The zero-order valence-electron chi connectivity index (χ0n) is 17.4. The van der Waals surface area contributed by atoms with E-state index >= 15 is 0 Å². The van der Waals surface area contributed by atoms with Crippen molar-refractivity contribution in [3.63, 3.8) is 0 Å². The summed E-state index contributed by atoms with van der Waals surface area (Å²) in [5, 5.41) is 0. The number of carbonyl (C=O) groups excluding carboxylic acids is 1. The molecule has 0 aliphatic carbocycles. The van der Waals surface area contributed by atoms with Crippen LogP contribution in [0.4, 0.5) is 18.9 Å². The van der Waals surface area contributed by atoms with Crippen LogP contribution in [0.3, 0.4) is 0 Å². The second-order valence-corrected chi connectivity index (χ2v) is 7.78. The highest BCUT2D eigenvalue weighted by molar-refractivity contribution is 6.09. The molecule has 0 bridgehead atoms. The van der Waals surface area contributed by atoms with E-state index in [9.17, 15) is 18.0 Å². The normalized spacial score (nSPS) is 17.2. The number of hydrogen-bond donors (Lipinski definition) is 0. The Bertz CT molecular complexity index is 1110. The fraction of sp³-hybridized carbons (Fsp3) is 0.192. The third kappa shape index (κ3) is 4.85. The molecule has 1 aliphatic rings. The summed E-state index contributed by atoms with van der Waals surface area (Å²) in [6.45, 7) is 2.06. The number of anilines is 1. The van der Waals surface area contributed by atoms with Crippen molar-refractivity contribution < 1.29 is 22.7 Å². The van der Waals surface area contributed by atoms with Crippen molar-refractivity contribution in [2.24, 2.45) is 0 Å². The van der Waals surface area contributed by atoms with Crippen LogP contribution in [0.5, 0.6) is 5.75 Å². The van der Waals surface area contributed by atoms with Gasteiger partial charge >= 0.3 is 6.36 Å². The minimum Gasteiger partial charge on any atom is -0.406 e. The predicted molar refractivity (Wildman–Crippen MR) is 117 cm³/mol. The van der Waals surface area contributed by atoms with E-state index in [4.69, 9.17) is 0 Å². The summed E-state index contributed by atoms with van der Waals surface area (Å²) in [5.41, 5.74) is 2.99. The molecular weight excluding hydrogens is 415 g/mol. The standard InChI is InChI=1S/C26H22F3NO2/c1-18(19-9-4-2-5-10-19)15-21-17-24(30(25(21)31)22-12-6-3-7-13-22)20-11-8-14-23(16-20)32-26(27,28)29/h2-14,16-18,24H,15H2,1H3/t18-,24-/m0/s1. The van der Waals surface area contributed by atoms with Gasteiger partial charge in [-0.05, 0) is 53.8 Å². The van der Waals surface area contributed by atoms with E-state index in [1.54, 1.807) is 11.0 Å². The van der Waals surface area contributed by atoms with E-state index in [1.165, 1.54) is 18.2 Å². The molecule has 32 heavy (non-hydrogen) atoms. The van der Waals surface area contributed by atoms with Crippen molar-refractivity contribution in [1.82, 2.24) is 0 Å². The quantitative estimate of drug-likeness (QED) is 0.425. The lowest BCUT2D eigenvalue weighted by Crippen LogP contribution is -2.29. The molecular formula is C26H22F3NO2. The van der Waals surface area contributed by atoms with Crippen molar-refractivity contribution in [1.29, 1.82) is 0 Å². The summed E-state index contributed by atoms with van der Waals surface area (Å²) in [4.78, 5) is 15.0. The van der Waals surface area contributed by atoms with Crippen LogP contribution >= 0.6 is 0 Å². The first-order chi connectivity index (χ1) is 15.3. The molecule has 0 unspecified atom stereocenters. The van der Waals surface area contributed by atoms with Gasteiger partial charge in [-0.1, -0.05) is 67.6 Å². The number of amides is 1. The highest BCUT2D eigenvalue weighted by Gasteiger charge is 2.36. The number of para-hydroxylation sites is 1. The van der Waals surface area contributed by atoms with Crippen LogP contribution in [0.15, 0.2) is 96.6 Å². The number of nitrogens with zero attached hydrogens (tertiary/aromatic N) is 1. The number of hydrogen-bond acceptors (Lipinski definition) is 2. The monoisotopic (exact) mass is 437 g/mol. The van der Waals surface area contributed by atoms with Gasteiger partial charge in [0.25, 0.3) is 5.91 Å². The molecule has 1 heterocycles. The van der Waals surface area contributed by atoms with Gasteiger partial charge < -0.3 is 4.74 Å². The van der Waals surface area contributed by atoms with Gasteiger partial charge in [0.2, 0.25) is 0 Å². The number of halogens is 3. The molecule has 6 heteroatoms. The molecule has 0 radical (unpaired) electrons. The molecule has 3 nitrogen and oxygen atoms in total. The highest BCUT2D eigenvalue weighted by atomic mass is 19.4. The van der Waals surface area contributed by atoms with Crippen molar-refractivity contribution in [3.8, 4) is 5.75 Å². The molecule has 0 spiro atoms. The first kappa shape index (κ1) is 21.7. The Morgan fingerprint density at radius 3 is 2.25 bits per heavy atom. The van der Waals surface area contributed by atoms with Crippen LogP contribution in [-0.2, 0) is 4.79 Å². The fourth-order valence-corrected chi connectivity index (χ4v) is 4.01. The first-order valence-corrected chi connectivity index (χ1v) is 10.3. The SMILES string of the molecule is C[C@@H](CC1=C[C@@H](c2cccc(OC(F)(F)F)c2)N(c2ccccc2)C1=O)c1ccccc1. The van der Waals surface area contributed by atoms with E-state index < -0.39 is 12.4 Å². The van der Waals surface area contributed by atoms with Gasteiger partial charge in [-0.25, -0.2) is 0 Å². The Morgan fingerprint density at radius 2 is 1.59 bits per heavy atom. The molecule has 2 atom stereocenters. The summed E-state index contributed by atoms with van der Waals surface area (Å²) in [6.07, 6.45) is -2.40. The van der Waals surface area contributed by atoms with E-state index in [1.807, 2.05) is 66.7 Å². The van der Waals surface area contributed by atoms with Crippen LogP contribution < -0.4 is 9.64 Å². The molecule has 0 N–H and O–H groups in total. The van der Waals surface area contributed by atoms with Crippen molar-refractivity contribution in [2.75, 3.05) is 4.90 Å². The topological polar surface area (TPSA) is 29.5 Å². The van der Waals surface area contributed by atoms with Gasteiger partial charge in [-0.3, -0.25) is 9.69 Å². The molecule has 1 aliphatic heterocycles. The van der Waals surface area contributed by atoms with E-state index in [0.29, 0.717) is 23.2 Å². The van der Waals surface area contributed by atoms with Crippen molar-refractivity contribution >= 4 is 11.6 Å². The van der Waals surface area contributed by atoms with Gasteiger partial charge in [-0.2, -0.15) is 0 Å². The predicted octanol–water partition coefficient (Wildman–Crippen LogP) is 6.79. The number of alkyl halides is 3. The zero-order valence-corrected chi connectivity index (χ0v) is 17.4. The Labute approximate surface area is 184 Å². The summed E-state index contributed by atoms with van der Waals surface area (Å²) in [7, 11) is 0. The smallest absolute Gasteiger partial charge is 0.406 e. The Hall–Kier alpha value is -3.54. The Kier molecular flexibility index (Phi) is 6.04. The first-order valence-electron chi connectivity index (χ1n) is 10.3. The van der Waals surface area contributed by atoms with Gasteiger partial charge in [0.1, 0.15) is 5.75 Å². The number of ether oxygens (including phenoxy) is 1. The summed E-state index contributed by atoms with van der Waals surface area (Å²) in [5.74, 6) is -0.344. The molecule has 0 aromatic heterocycles. The molecule has 164 valence electrons. The fourth-order valence-electron chi connectivity index (χ4n) is 4.01. The lowest BCUT2D eigenvalue weighted by molar-refractivity contribution is -0.274. The number of rotatable bonds is 6. The van der Waals surface area contributed by atoms with Gasteiger partial charge in [-0.15, -0.1) is 13.2 Å². The summed E-state index contributed by atoms with van der Waals surface area (Å²) >= 11 is 0. The molecule has 1 amide bonds.